The number of nitrogens with one attached hydrogen (secondary N) is 1. The summed E-state index contributed by atoms with van der Waals surface area (Å²) in [7, 11) is 0. The molecule has 2 rings (SSSR count). The molecule has 0 radical (unpaired) electrons. The lowest BCUT2D eigenvalue weighted by Gasteiger charge is -2.30. The molecule has 4 nitrogen and oxygen atoms in total. The summed E-state index contributed by atoms with van der Waals surface area (Å²) in [5.41, 5.74) is -0.886. The molecule has 20 heavy (non-hydrogen) atoms. The zero-order valence-electron chi connectivity index (χ0n) is 11.6. The van der Waals surface area contributed by atoms with Gasteiger partial charge in [-0.1, -0.05) is 13.8 Å². The van der Waals surface area contributed by atoms with E-state index in [1.807, 2.05) is 13.8 Å². The molecule has 1 heterocycles. The van der Waals surface area contributed by atoms with Crippen molar-refractivity contribution in [3.63, 3.8) is 0 Å². The molecule has 0 aromatic heterocycles. The van der Waals surface area contributed by atoms with Crippen LogP contribution >= 0.6 is 0 Å². The molecule has 0 unspecified atom stereocenters. The number of carbonyl (C=O) groups excluding carboxylic acids is 2. The molecule has 1 N–H and O–H groups in total. The highest BCUT2D eigenvalue weighted by atomic mass is 19.1. The number of halogens is 2. The highest BCUT2D eigenvalue weighted by Gasteiger charge is 2.23. The zero-order chi connectivity index (χ0) is 15.1. The van der Waals surface area contributed by atoms with Gasteiger partial charge < -0.3 is 10.2 Å². The van der Waals surface area contributed by atoms with Crippen LogP contribution in [0.15, 0.2) is 6.07 Å². The van der Waals surface area contributed by atoms with Crippen molar-refractivity contribution in [3.05, 3.63) is 28.8 Å². The molecule has 0 spiro atoms. The van der Waals surface area contributed by atoms with Crippen molar-refractivity contribution in [1.29, 1.82) is 0 Å². The van der Waals surface area contributed by atoms with E-state index in [1.54, 1.807) is 0 Å². The largest absolute Gasteiger partial charge is 0.364 e. The normalized spacial score (nSPS) is 14.3. The summed E-state index contributed by atoms with van der Waals surface area (Å²) >= 11 is 0. The third-order valence-electron chi connectivity index (χ3n) is 2.94. The number of nitrogens with zero attached hydrogens (tertiary/aromatic N) is 1. The Balaban J connectivity index is 0.000000956. The molecule has 0 saturated carbocycles. The van der Waals surface area contributed by atoms with Gasteiger partial charge in [0.15, 0.2) is 18.4 Å². The van der Waals surface area contributed by atoms with Crippen LogP contribution in [0.25, 0.3) is 0 Å². The Hall–Kier alpha value is -1.82. The van der Waals surface area contributed by atoms with Crippen molar-refractivity contribution >= 4 is 18.3 Å². The monoisotopic (exact) mass is 284 g/mol. The summed E-state index contributed by atoms with van der Waals surface area (Å²) in [6.45, 7) is 6.13. The minimum Gasteiger partial charge on any atom is -0.364 e. The molecule has 1 fully saturated rings. The van der Waals surface area contributed by atoms with Gasteiger partial charge in [-0.05, 0) is 6.07 Å². The van der Waals surface area contributed by atoms with Crippen LogP contribution in [0.5, 0.6) is 0 Å². The van der Waals surface area contributed by atoms with Crippen molar-refractivity contribution in [2.24, 2.45) is 0 Å². The van der Waals surface area contributed by atoms with Crippen molar-refractivity contribution in [2.75, 3.05) is 31.1 Å². The number of aldehydes is 2. The van der Waals surface area contributed by atoms with E-state index in [0.29, 0.717) is 26.2 Å². The number of carbonyl (C=O) groups is 2. The highest BCUT2D eigenvalue weighted by molar-refractivity contribution is 5.92. The predicted molar refractivity (Wildman–Crippen MR) is 73.6 cm³/mol. The number of piperazine rings is 1. The molecule has 1 saturated heterocycles. The number of benzene rings is 1. The minimum atomic E-state index is -0.964. The number of hydrogen-bond donors (Lipinski definition) is 1. The maximum atomic E-state index is 14.1. The molecular weight excluding hydrogens is 266 g/mol. The van der Waals surface area contributed by atoms with E-state index < -0.39 is 11.6 Å². The van der Waals surface area contributed by atoms with Crippen LogP contribution in [0.4, 0.5) is 14.5 Å². The highest BCUT2D eigenvalue weighted by Crippen LogP contribution is 2.27. The average Bonchev–Trinajstić information content (AvgIpc) is 2.50. The van der Waals surface area contributed by atoms with E-state index in [2.05, 4.69) is 5.32 Å². The van der Waals surface area contributed by atoms with Crippen LogP contribution in [0, 0.1) is 11.6 Å². The van der Waals surface area contributed by atoms with Gasteiger partial charge in [-0.3, -0.25) is 9.59 Å². The maximum Gasteiger partial charge on any atom is 0.160 e. The van der Waals surface area contributed by atoms with Crippen molar-refractivity contribution in [2.45, 2.75) is 13.8 Å². The van der Waals surface area contributed by atoms with Crippen LogP contribution in [0.2, 0.25) is 0 Å². The molecule has 1 aliphatic rings. The van der Waals surface area contributed by atoms with Gasteiger partial charge >= 0.3 is 0 Å². The maximum absolute atomic E-state index is 14.1. The van der Waals surface area contributed by atoms with Gasteiger partial charge in [0.25, 0.3) is 0 Å². The third kappa shape index (κ3) is 3.19. The lowest BCUT2D eigenvalue weighted by atomic mass is 10.1. The van der Waals surface area contributed by atoms with Crippen molar-refractivity contribution in [1.82, 2.24) is 5.32 Å². The Morgan fingerprint density at radius 3 is 2.25 bits per heavy atom. The molecule has 0 atom stereocenters. The Bertz CT molecular complexity index is 487. The van der Waals surface area contributed by atoms with Crippen molar-refractivity contribution in [3.8, 4) is 0 Å². The second-order valence-corrected chi connectivity index (χ2v) is 4.00. The molecule has 6 heteroatoms. The first kappa shape index (κ1) is 16.2. The van der Waals surface area contributed by atoms with Crippen molar-refractivity contribution < 1.29 is 18.4 Å². The smallest absolute Gasteiger partial charge is 0.160 e. The molecular formula is C14H18F2N2O2. The van der Waals surface area contributed by atoms with Gasteiger partial charge in [-0.15, -0.1) is 0 Å². The van der Waals surface area contributed by atoms with Gasteiger partial charge in [0, 0.05) is 31.7 Å². The van der Waals surface area contributed by atoms with E-state index in [1.165, 1.54) is 4.90 Å². The van der Waals surface area contributed by atoms with Crippen LogP contribution < -0.4 is 10.2 Å². The Morgan fingerprint density at radius 1 is 1.15 bits per heavy atom. The second kappa shape index (κ2) is 7.69. The molecule has 1 aromatic rings. The lowest BCUT2D eigenvalue weighted by Crippen LogP contribution is -2.44. The summed E-state index contributed by atoms with van der Waals surface area (Å²) in [5, 5.41) is 3.06. The lowest BCUT2D eigenvalue weighted by molar-refractivity contribution is 0.109. The summed E-state index contributed by atoms with van der Waals surface area (Å²) in [4.78, 5) is 23.0. The molecule has 1 aliphatic heterocycles. The third-order valence-corrected chi connectivity index (χ3v) is 2.94. The zero-order valence-corrected chi connectivity index (χ0v) is 11.6. The fourth-order valence-electron chi connectivity index (χ4n) is 2.04. The van der Waals surface area contributed by atoms with E-state index in [0.717, 1.165) is 6.07 Å². The van der Waals surface area contributed by atoms with Crippen LogP contribution in [0.3, 0.4) is 0 Å². The first-order valence-corrected chi connectivity index (χ1v) is 6.57. The number of anilines is 1. The van der Waals surface area contributed by atoms with E-state index >= 15 is 0 Å². The summed E-state index contributed by atoms with van der Waals surface area (Å²) in [6.07, 6.45) is 0.516. The number of rotatable bonds is 3. The van der Waals surface area contributed by atoms with Crippen LogP contribution in [0.1, 0.15) is 34.6 Å². The Labute approximate surface area is 116 Å². The topological polar surface area (TPSA) is 49.4 Å². The first-order valence-electron chi connectivity index (χ1n) is 6.57. The fraction of sp³-hybridized carbons (Fsp3) is 0.429. The summed E-state index contributed by atoms with van der Waals surface area (Å²) in [6, 6.07) is 0.900. The average molecular weight is 284 g/mol. The van der Waals surface area contributed by atoms with Gasteiger partial charge in [-0.25, -0.2) is 8.78 Å². The quantitative estimate of drug-likeness (QED) is 0.863. The fourth-order valence-corrected chi connectivity index (χ4v) is 2.04. The molecule has 0 amide bonds. The SMILES string of the molecule is CC.O=Cc1cc(F)c(N2CCNCC2)c(F)c1C=O. The van der Waals surface area contributed by atoms with E-state index in [9.17, 15) is 18.4 Å². The Morgan fingerprint density at radius 2 is 1.75 bits per heavy atom. The number of hydrogen-bond acceptors (Lipinski definition) is 4. The van der Waals surface area contributed by atoms with Gasteiger partial charge in [-0.2, -0.15) is 0 Å². The standard InChI is InChI=1S/C12H12F2N2O2.C2H6/c13-10-5-8(6-17)9(7-18)11(14)12(10)16-3-1-15-2-4-16;1-2/h5-7,15H,1-4H2;1-2H3. The van der Waals surface area contributed by atoms with Crippen LogP contribution in [-0.2, 0) is 0 Å². The molecule has 0 bridgehead atoms. The molecule has 1 aromatic carbocycles. The van der Waals surface area contributed by atoms with Gasteiger partial charge in [0.2, 0.25) is 0 Å². The Kier molecular flexibility index (Phi) is 6.24. The second-order valence-electron chi connectivity index (χ2n) is 4.00. The molecule has 110 valence electrons. The summed E-state index contributed by atoms with van der Waals surface area (Å²) in [5.74, 6) is -1.78. The predicted octanol–water partition coefficient (Wildman–Crippen LogP) is 2.03. The molecule has 0 aliphatic carbocycles. The van der Waals surface area contributed by atoms with Crippen LogP contribution in [-0.4, -0.2) is 38.8 Å². The minimum absolute atomic E-state index is 0.232. The summed E-state index contributed by atoms with van der Waals surface area (Å²) < 4.78 is 27.9. The first-order chi connectivity index (χ1) is 9.69. The van der Waals surface area contributed by atoms with Gasteiger partial charge in [0.1, 0.15) is 11.5 Å². The van der Waals surface area contributed by atoms with E-state index in [4.69, 9.17) is 0 Å². The van der Waals surface area contributed by atoms with Gasteiger partial charge in [0.05, 0.1) is 5.56 Å². The van der Waals surface area contributed by atoms with E-state index in [-0.39, 0.29) is 29.4 Å².